The fraction of sp³-hybridized carbons (Fsp3) is 0.600. The van der Waals surface area contributed by atoms with Crippen LogP contribution in [0.5, 0.6) is 0 Å². The number of benzene rings is 1. The molecule has 2 N–H and O–H groups in total. The number of thioether (sulfide) groups is 1. The van der Waals surface area contributed by atoms with Crippen LogP contribution in [0, 0.1) is 5.92 Å². The van der Waals surface area contributed by atoms with E-state index in [1.54, 1.807) is 0 Å². The van der Waals surface area contributed by atoms with Gasteiger partial charge in [-0.25, -0.2) is 0 Å². The maximum Gasteiger partial charge on any atom is 0.0667 e. The third-order valence-corrected chi connectivity index (χ3v) is 3.55. The molecule has 2 unspecified atom stereocenters. The molecule has 2 nitrogen and oxygen atoms in total. The van der Waals surface area contributed by atoms with Crippen molar-refractivity contribution in [1.29, 1.82) is 0 Å². The average molecular weight is 267 g/mol. The molecule has 18 heavy (non-hydrogen) atoms. The van der Waals surface area contributed by atoms with Crippen molar-refractivity contribution in [2.45, 2.75) is 32.4 Å². The minimum atomic E-state index is -0.252. The van der Waals surface area contributed by atoms with Gasteiger partial charge < -0.3 is 10.4 Å². The van der Waals surface area contributed by atoms with Crippen LogP contribution in [-0.2, 0) is 0 Å². The Bertz CT molecular complexity index is 316. The van der Waals surface area contributed by atoms with E-state index < -0.39 is 0 Å². The second kappa shape index (κ2) is 8.57. The molecule has 1 aromatic rings. The summed E-state index contributed by atoms with van der Waals surface area (Å²) in [5, 5.41) is 13.4. The molecule has 0 radical (unpaired) electrons. The Morgan fingerprint density at radius 2 is 1.89 bits per heavy atom. The summed E-state index contributed by atoms with van der Waals surface area (Å²) in [5.41, 5.74) is 1.29. The second-order valence-corrected chi connectivity index (χ2v) is 6.02. The lowest BCUT2D eigenvalue weighted by Crippen LogP contribution is -2.32. The van der Waals surface area contributed by atoms with Crippen LogP contribution in [0.3, 0.4) is 0 Å². The Hall–Kier alpha value is -0.510. The Morgan fingerprint density at radius 1 is 1.22 bits per heavy atom. The van der Waals surface area contributed by atoms with Crippen LogP contribution in [-0.4, -0.2) is 29.8 Å². The van der Waals surface area contributed by atoms with E-state index in [0.29, 0.717) is 18.5 Å². The highest BCUT2D eigenvalue weighted by Gasteiger charge is 2.13. The molecule has 0 amide bonds. The molecule has 0 saturated heterocycles. The lowest BCUT2D eigenvalue weighted by molar-refractivity contribution is 0.143. The van der Waals surface area contributed by atoms with Crippen LogP contribution in [0.4, 0.5) is 0 Å². The van der Waals surface area contributed by atoms with Gasteiger partial charge in [-0.1, -0.05) is 44.2 Å². The third kappa shape index (κ3) is 5.89. The summed E-state index contributed by atoms with van der Waals surface area (Å²) in [6, 6.07) is 10.8. The zero-order chi connectivity index (χ0) is 13.4. The molecule has 0 aliphatic carbocycles. The first-order valence-electron chi connectivity index (χ1n) is 6.58. The predicted octanol–water partition coefficient (Wildman–Crippen LogP) is 3.09. The molecule has 0 spiro atoms. The largest absolute Gasteiger partial charge is 0.392 e. The molecule has 0 aliphatic rings. The lowest BCUT2D eigenvalue weighted by Gasteiger charge is -2.21. The monoisotopic (exact) mass is 267 g/mol. The van der Waals surface area contributed by atoms with Gasteiger partial charge in [0, 0.05) is 18.3 Å². The summed E-state index contributed by atoms with van der Waals surface area (Å²) in [4.78, 5) is 0. The highest BCUT2D eigenvalue weighted by atomic mass is 32.2. The number of nitrogens with one attached hydrogen (secondary N) is 1. The van der Waals surface area contributed by atoms with Crippen LogP contribution in [0.1, 0.15) is 31.9 Å². The molecule has 102 valence electrons. The molecule has 3 heteroatoms. The van der Waals surface area contributed by atoms with Gasteiger partial charge in [0.05, 0.1) is 6.10 Å². The first-order valence-corrected chi connectivity index (χ1v) is 7.98. The fourth-order valence-corrected chi connectivity index (χ4v) is 2.67. The minimum absolute atomic E-state index is 0.252. The van der Waals surface area contributed by atoms with Crippen molar-refractivity contribution in [1.82, 2.24) is 5.32 Å². The van der Waals surface area contributed by atoms with Gasteiger partial charge in [-0.15, -0.1) is 0 Å². The van der Waals surface area contributed by atoms with Gasteiger partial charge in [-0.2, -0.15) is 11.8 Å². The molecule has 2 atom stereocenters. The summed E-state index contributed by atoms with van der Waals surface area (Å²) in [6.07, 6.45) is 2.72. The van der Waals surface area contributed by atoms with Crippen molar-refractivity contribution in [3.8, 4) is 0 Å². The molecule has 1 rings (SSSR count). The van der Waals surface area contributed by atoms with Crippen molar-refractivity contribution in [3.63, 3.8) is 0 Å². The normalized spacial score (nSPS) is 14.7. The number of hydrogen-bond donors (Lipinski definition) is 2. The molecular weight excluding hydrogens is 242 g/mol. The van der Waals surface area contributed by atoms with Crippen LogP contribution >= 0.6 is 11.8 Å². The van der Waals surface area contributed by atoms with Crippen molar-refractivity contribution in [3.05, 3.63) is 35.9 Å². The summed E-state index contributed by atoms with van der Waals surface area (Å²) >= 11 is 1.83. The van der Waals surface area contributed by atoms with E-state index >= 15 is 0 Å². The van der Waals surface area contributed by atoms with Crippen molar-refractivity contribution in [2.24, 2.45) is 5.92 Å². The van der Waals surface area contributed by atoms with Crippen LogP contribution < -0.4 is 5.32 Å². The SMILES string of the molecule is CSCC(NCC(O)CC(C)C)c1ccccc1. The highest BCUT2D eigenvalue weighted by Crippen LogP contribution is 2.17. The molecule has 1 aromatic carbocycles. The van der Waals surface area contributed by atoms with E-state index in [9.17, 15) is 5.11 Å². The summed E-state index contributed by atoms with van der Waals surface area (Å²) in [5.74, 6) is 1.57. The van der Waals surface area contributed by atoms with Gasteiger partial charge in [0.15, 0.2) is 0 Å². The van der Waals surface area contributed by atoms with Crippen LogP contribution in [0.2, 0.25) is 0 Å². The number of aliphatic hydroxyl groups excluding tert-OH is 1. The third-order valence-electron chi connectivity index (χ3n) is 2.88. The average Bonchev–Trinajstić information content (AvgIpc) is 2.34. The van der Waals surface area contributed by atoms with Gasteiger partial charge in [0.2, 0.25) is 0 Å². The standard InChI is InChI=1S/C15H25NOS/c1-12(2)9-14(17)10-16-15(11-18-3)13-7-5-4-6-8-13/h4-8,12,14-17H,9-11H2,1-3H3. The van der Waals surface area contributed by atoms with Crippen LogP contribution in [0.25, 0.3) is 0 Å². The van der Waals surface area contributed by atoms with Crippen molar-refractivity contribution in [2.75, 3.05) is 18.6 Å². The molecule has 0 bridgehead atoms. The maximum atomic E-state index is 9.91. The summed E-state index contributed by atoms with van der Waals surface area (Å²) < 4.78 is 0. The Morgan fingerprint density at radius 3 is 2.44 bits per heavy atom. The topological polar surface area (TPSA) is 32.3 Å². The maximum absolute atomic E-state index is 9.91. The van der Waals surface area contributed by atoms with Crippen molar-refractivity contribution < 1.29 is 5.11 Å². The number of aliphatic hydroxyl groups is 1. The quantitative estimate of drug-likeness (QED) is 0.759. The molecular formula is C15H25NOS. The zero-order valence-corrected chi connectivity index (χ0v) is 12.4. The molecule has 0 saturated carbocycles. The Kier molecular flexibility index (Phi) is 7.40. The zero-order valence-electron chi connectivity index (χ0n) is 11.6. The highest BCUT2D eigenvalue weighted by molar-refractivity contribution is 7.98. The van der Waals surface area contributed by atoms with Gasteiger partial charge in [0.1, 0.15) is 0 Å². The minimum Gasteiger partial charge on any atom is -0.392 e. The molecule has 0 aliphatic heterocycles. The van der Waals surface area contributed by atoms with Gasteiger partial charge in [-0.05, 0) is 24.2 Å². The van der Waals surface area contributed by atoms with E-state index in [2.05, 4.69) is 49.7 Å². The van der Waals surface area contributed by atoms with E-state index in [4.69, 9.17) is 0 Å². The van der Waals surface area contributed by atoms with Gasteiger partial charge in [0.25, 0.3) is 0 Å². The molecule has 0 heterocycles. The second-order valence-electron chi connectivity index (χ2n) is 5.11. The number of rotatable bonds is 8. The van der Waals surface area contributed by atoms with Crippen LogP contribution in [0.15, 0.2) is 30.3 Å². The fourth-order valence-electron chi connectivity index (χ4n) is 2.03. The van der Waals surface area contributed by atoms with Gasteiger partial charge in [-0.3, -0.25) is 0 Å². The summed E-state index contributed by atoms with van der Waals surface area (Å²) in [7, 11) is 0. The smallest absolute Gasteiger partial charge is 0.0667 e. The first-order chi connectivity index (χ1) is 8.63. The summed E-state index contributed by atoms with van der Waals surface area (Å²) in [6.45, 7) is 4.94. The number of hydrogen-bond acceptors (Lipinski definition) is 3. The van der Waals surface area contributed by atoms with Gasteiger partial charge >= 0.3 is 0 Å². The van der Waals surface area contributed by atoms with E-state index in [1.807, 2.05) is 17.8 Å². The molecule has 0 fully saturated rings. The van der Waals surface area contributed by atoms with E-state index in [0.717, 1.165) is 12.2 Å². The van der Waals surface area contributed by atoms with Crippen molar-refractivity contribution >= 4 is 11.8 Å². The Labute approximate surface area is 115 Å². The van der Waals surface area contributed by atoms with E-state index in [-0.39, 0.29) is 6.10 Å². The lowest BCUT2D eigenvalue weighted by atomic mass is 10.0. The first kappa shape index (κ1) is 15.5. The Balaban J connectivity index is 2.48. The van der Waals surface area contributed by atoms with E-state index in [1.165, 1.54) is 5.56 Å². The predicted molar refractivity (Wildman–Crippen MR) is 81.0 cm³/mol. The molecule has 0 aromatic heterocycles.